The summed E-state index contributed by atoms with van der Waals surface area (Å²) in [6, 6.07) is -1.92. The van der Waals surface area contributed by atoms with Gasteiger partial charge in [0.2, 0.25) is 11.8 Å². The van der Waals surface area contributed by atoms with E-state index in [9.17, 15) is 19.5 Å². The molecule has 1 aromatic heterocycles. The molecule has 0 aromatic carbocycles. The largest absolute Gasteiger partial charge is 0.480 e. The second kappa shape index (κ2) is 8.54. The fraction of sp³-hybridized carbons (Fsp3) is 0.684. The molecular weight excluding hydrogens is 348 g/mol. The molecular formula is C19H32N4O4. The number of imidazole rings is 1. The number of carbonyl (C=O) groups excluding carboxylic acids is 2. The van der Waals surface area contributed by atoms with Gasteiger partial charge in [-0.15, -0.1) is 0 Å². The molecule has 27 heavy (non-hydrogen) atoms. The van der Waals surface area contributed by atoms with Gasteiger partial charge >= 0.3 is 5.97 Å². The molecule has 0 aliphatic carbocycles. The third kappa shape index (κ3) is 6.08. The second-order valence-electron chi connectivity index (χ2n) is 8.33. The predicted octanol–water partition coefficient (Wildman–Crippen LogP) is 1.68. The smallest absolute Gasteiger partial charge is 0.326 e. The Morgan fingerprint density at radius 1 is 1.33 bits per heavy atom. The van der Waals surface area contributed by atoms with E-state index in [-0.39, 0.29) is 11.3 Å². The summed E-state index contributed by atoms with van der Waals surface area (Å²) in [6.07, 6.45) is 2.33. The first kappa shape index (κ1) is 22.7. The highest BCUT2D eigenvalue weighted by molar-refractivity contribution is 5.90. The Kier molecular flexibility index (Phi) is 7.17. The highest BCUT2D eigenvalue weighted by Crippen LogP contribution is 2.33. The number of rotatable bonds is 7. The van der Waals surface area contributed by atoms with E-state index in [0.717, 1.165) is 5.82 Å². The Bertz CT molecular complexity index is 686. The minimum absolute atomic E-state index is 0.170. The van der Waals surface area contributed by atoms with Crippen molar-refractivity contribution in [3.05, 3.63) is 17.7 Å². The van der Waals surface area contributed by atoms with Gasteiger partial charge in [0, 0.05) is 33.1 Å². The van der Waals surface area contributed by atoms with Gasteiger partial charge in [-0.2, -0.15) is 0 Å². The number of likely N-dealkylation sites (N-methyl/N-ethyl adjacent to an activating group) is 1. The number of aliphatic carboxylic acids is 1. The normalized spacial score (nSPS) is 15.0. The molecule has 0 aliphatic heterocycles. The van der Waals surface area contributed by atoms with Crippen LogP contribution in [0.1, 0.15) is 58.5 Å². The van der Waals surface area contributed by atoms with Gasteiger partial charge in [0.05, 0.1) is 5.69 Å². The molecule has 0 bridgehead atoms. The van der Waals surface area contributed by atoms with Crippen LogP contribution in [0.5, 0.6) is 0 Å². The van der Waals surface area contributed by atoms with Crippen LogP contribution in [-0.4, -0.2) is 56.5 Å². The van der Waals surface area contributed by atoms with Crippen molar-refractivity contribution < 1.29 is 19.5 Å². The lowest BCUT2D eigenvalue weighted by molar-refractivity contribution is -0.144. The lowest BCUT2D eigenvalue weighted by Gasteiger charge is -2.31. The zero-order valence-corrected chi connectivity index (χ0v) is 17.5. The Balaban J connectivity index is 3.22. The standard InChI is InChI=1S/C19H32N4O4/c1-11(23(8)13(3)24)17(25)21-16(18(26)27)14(9-19(4,5)6)15-10-22(7)12(2)20-15/h10-11,14,16H,9H2,1-8H3,(H,21,25)(H,26,27)/t11?,14?,16-/m0/s1. The van der Waals surface area contributed by atoms with Crippen LogP contribution in [-0.2, 0) is 21.4 Å². The quantitative estimate of drug-likeness (QED) is 0.749. The van der Waals surface area contributed by atoms with Gasteiger partial charge in [0.1, 0.15) is 17.9 Å². The van der Waals surface area contributed by atoms with Crippen LogP contribution in [0.2, 0.25) is 0 Å². The number of carboxylic acids is 1. The van der Waals surface area contributed by atoms with Crippen molar-refractivity contribution in [1.29, 1.82) is 0 Å². The maximum absolute atomic E-state index is 12.6. The number of carbonyl (C=O) groups is 3. The van der Waals surface area contributed by atoms with Crippen molar-refractivity contribution in [2.75, 3.05) is 7.05 Å². The zero-order valence-electron chi connectivity index (χ0n) is 17.5. The minimum Gasteiger partial charge on any atom is -0.480 e. The van der Waals surface area contributed by atoms with Crippen LogP contribution in [0.3, 0.4) is 0 Å². The van der Waals surface area contributed by atoms with Crippen molar-refractivity contribution in [2.45, 2.75) is 66.0 Å². The van der Waals surface area contributed by atoms with Crippen LogP contribution in [0, 0.1) is 12.3 Å². The van der Waals surface area contributed by atoms with Crippen LogP contribution in [0.15, 0.2) is 6.20 Å². The molecule has 3 atom stereocenters. The highest BCUT2D eigenvalue weighted by Gasteiger charge is 2.37. The third-order valence-electron chi connectivity index (χ3n) is 4.76. The summed E-state index contributed by atoms with van der Waals surface area (Å²) in [5, 5.41) is 12.4. The summed E-state index contributed by atoms with van der Waals surface area (Å²) in [5.41, 5.74) is 0.459. The summed E-state index contributed by atoms with van der Waals surface area (Å²) in [5.74, 6) is -1.63. The molecule has 0 spiro atoms. The number of hydrogen-bond donors (Lipinski definition) is 2. The van der Waals surface area contributed by atoms with Crippen LogP contribution in [0.4, 0.5) is 0 Å². The maximum atomic E-state index is 12.6. The molecule has 0 aliphatic rings. The molecule has 2 N–H and O–H groups in total. The van der Waals surface area contributed by atoms with Crippen LogP contribution in [0.25, 0.3) is 0 Å². The summed E-state index contributed by atoms with van der Waals surface area (Å²) >= 11 is 0. The number of aryl methyl sites for hydroxylation is 2. The number of nitrogens with one attached hydrogen (secondary N) is 1. The molecule has 2 amide bonds. The summed E-state index contributed by atoms with van der Waals surface area (Å²) in [7, 11) is 3.36. The maximum Gasteiger partial charge on any atom is 0.326 e. The number of hydrogen-bond acceptors (Lipinski definition) is 4. The predicted molar refractivity (Wildman–Crippen MR) is 102 cm³/mol. The van der Waals surface area contributed by atoms with Crippen molar-refractivity contribution in [2.24, 2.45) is 12.5 Å². The first-order valence-electron chi connectivity index (χ1n) is 9.01. The molecule has 0 saturated carbocycles. The van der Waals surface area contributed by atoms with E-state index in [1.54, 1.807) is 13.1 Å². The first-order chi connectivity index (χ1) is 12.2. The fourth-order valence-corrected chi connectivity index (χ4v) is 2.87. The van der Waals surface area contributed by atoms with Gasteiger partial charge in [0.15, 0.2) is 0 Å². The van der Waals surface area contributed by atoms with E-state index >= 15 is 0 Å². The van der Waals surface area contributed by atoms with Crippen LogP contribution < -0.4 is 5.32 Å². The Morgan fingerprint density at radius 3 is 2.26 bits per heavy atom. The number of carboxylic acid groups (broad SMARTS) is 1. The minimum atomic E-state index is -1.14. The Morgan fingerprint density at radius 2 is 1.89 bits per heavy atom. The van der Waals surface area contributed by atoms with Crippen molar-refractivity contribution >= 4 is 17.8 Å². The van der Waals surface area contributed by atoms with Gasteiger partial charge < -0.3 is 19.9 Å². The zero-order chi connectivity index (χ0) is 21.1. The fourth-order valence-electron chi connectivity index (χ4n) is 2.87. The molecule has 1 heterocycles. The van der Waals surface area contributed by atoms with Crippen molar-refractivity contribution in [1.82, 2.24) is 19.8 Å². The van der Waals surface area contributed by atoms with Gasteiger partial charge in [-0.25, -0.2) is 9.78 Å². The lowest BCUT2D eigenvalue weighted by Crippen LogP contribution is -2.52. The molecule has 152 valence electrons. The lowest BCUT2D eigenvalue weighted by atomic mass is 9.79. The number of aromatic nitrogens is 2. The SMILES string of the molecule is CC(=O)N(C)C(C)C(=O)N[C@H](C(=O)O)C(CC(C)(C)C)c1cn(C)c(C)n1. The third-order valence-corrected chi connectivity index (χ3v) is 4.76. The monoisotopic (exact) mass is 380 g/mol. The van der Waals surface area contributed by atoms with Crippen molar-refractivity contribution in [3.8, 4) is 0 Å². The molecule has 1 rings (SSSR count). The van der Waals surface area contributed by atoms with E-state index in [4.69, 9.17) is 0 Å². The molecule has 2 unspecified atom stereocenters. The average molecular weight is 380 g/mol. The summed E-state index contributed by atoms with van der Waals surface area (Å²) < 4.78 is 1.83. The molecule has 0 fully saturated rings. The van der Waals surface area contributed by atoms with E-state index in [2.05, 4.69) is 10.3 Å². The van der Waals surface area contributed by atoms with Crippen molar-refractivity contribution in [3.63, 3.8) is 0 Å². The van der Waals surface area contributed by atoms with Gasteiger partial charge in [-0.05, 0) is 25.7 Å². The molecule has 0 radical (unpaired) electrons. The molecule has 8 heteroatoms. The topological polar surface area (TPSA) is 105 Å². The average Bonchev–Trinajstić information content (AvgIpc) is 2.86. The number of amides is 2. The second-order valence-corrected chi connectivity index (χ2v) is 8.33. The van der Waals surface area contributed by atoms with E-state index < -0.39 is 29.9 Å². The van der Waals surface area contributed by atoms with Gasteiger partial charge in [0.25, 0.3) is 0 Å². The van der Waals surface area contributed by atoms with Gasteiger partial charge in [-0.3, -0.25) is 9.59 Å². The number of nitrogens with zero attached hydrogens (tertiary/aromatic N) is 3. The molecule has 8 nitrogen and oxygen atoms in total. The van der Waals surface area contributed by atoms with E-state index in [1.807, 2.05) is 39.3 Å². The van der Waals surface area contributed by atoms with Gasteiger partial charge in [-0.1, -0.05) is 20.8 Å². The van der Waals surface area contributed by atoms with E-state index in [0.29, 0.717) is 12.1 Å². The first-order valence-corrected chi connectivity index (χ1v) is 9.01. The summed E-state index contributed by atoms with van der Waals surface area (Å²) in [4.78, 5) is 41.9. The van der Waals surface area contributed by atoms with Crippen LogP contribution >= 0.6 is 0 Å². The molecule has 1 aromatic rings. The van der Waals surface area contributed by atoms with E-state index in [1.165, 1.54) is 18.9 Å². The Hall–Kier alpha value is -2.38. The molecule has 0 saturated heterocycles. The highest BCUT2D eigenvalue weighted by atomic mass is 16.4. The summed E-state index contributed by atoms with van der Waals surface area (Å²) in [6.45, 7) is 10.8. The Labute approximate surface area is 160 Å².